The van der Waals surface area contributed by atoms with E-state index in [1.165, 1.54) is 7.11 Å². The molecule has 3 nitrogen and oxygen atoms in total. The van der Waals surface area contributed by atoms with E-state index in [0.717, 1.165) is 33.3 Å². The highest BCUT2D eigenvalue weighted by Gasteiger charge is 2.15. The number of aryl methyl sites for hydroxylation is 2. The number of carbonyl (C=O) groups excluding carboxylic acids is 1. The predicted octanol–water partition coefficient (Wildman–Crippen LogP) is 4.31. The molecule has 3 rings (SSSR count). The average Bonchev–Trinajstić information content (AvgIpc) is 2.54. The van der Waals surface area contributed by atoms with Crippen molar-refractivity contribution in [2.45, 2.75) is 13.8 Å². The molecule has 0 saturated heterocycles. The van der Waals surface area contributed by atoms with E-state index in [2.05, 4.69) is 6.07 Å². The molecule has 0 radical (unpaired) electrons. The van der Waals surface area contributed by atoms with Crippen molar-refractivity contribution in [2.24, 2.45) is 0 Å². The smallest absolute Gasteiger partial charge is 0.338 e. The van der Waals surface area contributed by atoms with Crippen LogP contribution in [0.25, 0.3) is 22.2 Å². The second kappa shape index (κ2) is 5.60. The van der Waals surface area contributed by atoms with Crippen LogP contribution in [0.15, 0.2) is 48.5 Å². The molecule has 3 heteroatoms. The van der Waals surface area contributed by atoms with E-state index in [9.17, 15) is 4.79 Å². The second-order valence-corrected chi connectivity index (χ2v) is 5.39. The molecule has 3 aromatic rings. The Bertz CT molecular complexity index is 854. The van der Waals surface area contributed by atoms with Gasteiger partial charge in [-0.25, -0.2) is 9.78 Å². The number of rotatable bonds is 2. The number of benzene rings is 2. The van der Waals surface area contributed by atoms with Crippen LogP contribution in [0.5, 0.6) is 0 Å². The van der Waals surface area contributed by atoms with Gasteiger partial charge in [0.25, 0.3) is 0 Å². The molecule has 0 saturated carbocycles. The summed E-state index contributed by atoms with van der Waals surface area (Å²) in [5.41, 5.74) is 5.31. The number of hydrogen-bond acceptors (Lipinski definition) is 3. The Labute approximate surface area is 129 Å². The Balaban J connectivity index is 2.36. The molecule has 0 atom stereocenters. The lowest BCUT2D eigenvalue weighted by atomic mass is 10.00. The Morgan fingerprint density at radius 1 is 1.05 bits per heavy atom. The molecule has 0 amide bonds. The van der Waals surface area contributed by atoms with E-state index in [-0.39, 0.29) is 5.97 Å². The molecule has 0 aliphatic heterocycles. The topological polar surface area (TPSA) is 39.2 Å². The summed E-state index contributed by atoms with van der Waals surface area (Å²) in [6.45, 7) is 4.02. The van der Waals surface area contributed by atoms with Crippen molar-refractivity contribution in [3.05, 3.63) is 65.2 Å². The van der Waals surface area contributed by atoms with E-state index in [1.807, 2.05) is 56.3 Å². The van der Waals surface area contributed by atoms with E-state index in [4.69, 9.17) is 9.72 Å². The largest absolute Gasteiger partial charge is 0.465 e. The van der Waals surface area contributed by atoms with Crippen LogP contribution < -0.4 is 0 Å². The van der Waals surface area contributed by atoms with Crippen LogP contribution in [-0.4, -0.2) is 18.1 Å². The van der Waals surface area contributed by atoms with Gasteiger partial charge in [0.05, 0.1) is 23.9 Å². The standard InChI is InChI=1S/C19H17NO2/c1-12-9-13(2)18-15(10-12)16(19(21)22-3)11-17(20-18)14-7-5-4-6-8-14/h4-11H,1-3H3. The molecule has 0 aliphatic carbocycles. The molecule has 0 fully saturated rings. The van der Waals surface area contributed by atoms with Gasteiger partial charge in [-0.1, -0.05) is 42.0 Å². The van der Waals surface area contributed by atoms with Gasteiger partial charge in [-0.15, -0.1) is 0 Å². The van der Waals surface area contributed by atoms with Gasteiger partial charge in [-0.2, -0.15) is 0 Å². The van der Waals surface area contributed by atoms with E-state index in [1.54, 1.807) is 0 Å². The Kier molecular flexibility index (Phi) is 3.63. The Morgan fingerprint density at radius 3 is 2.45 bits per heavy atom. The van der Waals surface area contributed by atoms with Crippen LogP contribution in [0, 0.1) is 13.8 Å². The number of carbonyl (C=O) groups is 1. The van der Waals surface area contributed by atoms with Crippen molar-refractivity contribution in [1.29, 1.82) is 0 Å². The number of hydrogen-bond donors (Lipinski definition) is 0. The van der Waals surface area contributed by atoms with Crippen LogP contribution in [0.1, 0.15) is 21.5 Å². The van der Waals surface area contributed by atoms with Crippen LogP contribution >= 0.6 is 0 Å². The number of pyridine rings is 1. The highest BCUT2D eigenvalue weighted by molar-refractivity contribution is 6.05. The first-order chi connectivity index (χ1) is 10.6. The van der Waals surface area contributed by atoms with Gasteiger partial charge in [0, 0.05) is 10.9 Å². The zero-order valence-corrected chi connectivity index (χ0v) is 12.9. The Hall–Kier alpha value is -2.68. The fraction of sp³-hybridized carbons (Fsp3) is 0.158. The van der Waals surface area contributed by atoms with E-state index < -0.39 is 0 Å². The molecule has 2 aromatic carbocycles. The average molecular weight is 291 g/mol. The highest BCUT2D eigenvalue weighted by Crippen LogP contribution is 2.28. The number of aromatic nitrogens is 1. The molecule has 0 spiro atoms. The lowest BCUT2D eigenvalue weighted by molar-refractivity contribution is 0.0603. The number of ether oxygens (including phenoxy) is 1. The van der Waals surface area contributed by atoms with E-state index in [0.29, 0.717) is 5.56 Å². The molecule has 1 aromatic heterocycles. The van der Waals surface area contributed by atoms with Crippen molar-refractivity contribution >= 4 is 16.9 Å². The molecule has 0 unspecified atom stereocenters. The lowest BCUT2D eigenvalue weighted by Crippen LogP contribution is -2.04. The van der Waals surface area contributed by atoms with Crippen molar-refractivity contribution in [1.82, 2.24) is 4.98 Å². The predicted molar refractivity (Wildman–Crippen MR) is 88.0 cm³/mol. The van der Waals surface area contributed by atoms with Crippen molar-refractivity contribution in [2.75, 3.05) is 7.11 Å². The lowest BCUT2D eigenvalue weighted by Gasteiger charge is -2.11. The van der Waals surface area contributed by atoms with Gasteiger partial charge in [-0.05, 0) is 31.5 Å². The third kappa shape index (κ3) is 2.46. The first-order valence-electron chi connectivity index (χ1n) is 7.16. The summed E-state index contributed by atoms with van der Waals surface area (Å²) in [6.07, 6.45) is 0. The number of fused-ring (bicyclic) bond motifs is 1. The molecule has 0 N–H and O–H groups in total. The molecular formula is C19H17NO2. The van der Waals surface area contributed by atoms with Gasteiger partial charge in [0.2, 0.25) is 0 Å². The summed E-state index contributed by atoms with van der Waals surface area (Å²) in [7, 11) is 1.40. The monoisotopic (exact) mass is 291 g/mol. The van der Waals surface area contributed by atoms with Gasteiger partial charge < -0.3 is 4.74 Å². The van der Waals surface area contributed by atoms with Gasteiger partial charge in [-0.3, -0.25) is 0 Å². The number of nitrogens with zero attached hydrogens (tertiary/aromatic N) is 1. The zero-order chi connectivity index (χ0) is 15.7. The quantitative estimate of drug-likeness (QED) is 0.661. The maximum Gasteiger partial charge on any atom is 0.338 e. The minimum absolute atomic E-state index is 0.338. The normalized spacial score (nSPS) is 10.7. The minimum atomic E-state index is -0.338. The maximum atomic E-state index is 12.2. The first-order valence-corrected chi connectivity index (χ1v) is 7.16. The van der Waals surface area contributed by atoms with Crippen LogP contribution in [0.4, 0.5) is 0 Å². The number of esters is 1. The van der Waals surface area contributed by atoms with Crippen molar-refractivity contribution in [3.8, 4) is 11.3 Å². The SMILES string of the molecule is COC(=O)c1cc(-c2ccccc2)nc2c(C)cc(C)cc12. The fourth-order valence-corrected chi connectivity index (χ4v) is 2.72. The summed E-state index contributed by atoms with van der Waals surface area (Å²) in [5.74, 6) is -0.338. The number of methoxy groups -OCH3 is 1. The molecule has 22 heavy (non-hydrogen) atoms. The van der Waals surface area contributed by atoms with Gasteiger partial charge in [0.15, 0.2) is 0 Å². The fourth-order valence-electron chi connectivity index (χ4n) is 2.72. The summed E-state index contributed by atoms with van der Waals surface area (Å²) in [4.78, 5) is 16.9. The van der Waals surface area contributed by atoms with Crippen LogP contribution in [0.2, 0.25) is 0 Å². The summed E-state index contributed by atoms with van der Waals surface area (Å²) in [5, 5.41) is 0.837. The van der Waals surface area contributed by atoms with E-state index >= 15 is 0 Å². The second-order valence-electron chi connectivity index (χ2n) is 5.39. The molecule has 110 valence electrons. The Morgan fingerprint density at radius 2 is 1.77 bits per heavy atom. The van der Waals surface area contributed by atoms with Crippen LogP contribution in [-0.2, 0) is 4.74 Å². The third-order valence-electron chi connectivity index (χ3n) is 3.72. The van der Waals surface area contributed by atoms with Gasteiger partial charge in [0.1, 0.15) is 0 Å². The minimum Gasteiger partial charge on any atom is -0.465 e. The third-order valence-corrected chi connectivity index (χ3v) is 3.72. The summed E-state index contributed by atoms with van der Waals surface area (Å²) >= 11 is 0. The molecule has 1 heterocycles. The highest BCUT2D eigenvalue weighted by atomic mass is 16.5. The molecule has 0 bridgehead atoms. The molecular weight excluding hydrogens is 274 g/mol. The van der Waals surface area contributed by atoms with Crippen LogP contribution in [0.3, 0.4) is 0 Å². The first kappa shape index (κ1) is 14.3. The van der Waals surface area contributed by atoms with Crippen molar-refractivity contribution in [3.63, 3.8) is 0 Å². The zero-order valence-electron chi connectivity index (χ0n) is 12.9. The summed E-state index contributed by atoms with van der Waals surface area (Å²) < 4.78 is 4.95. The maximum absolute atomic E-state index is 12.2. The van der Waals surface area contributed by atoms with Crippen molar-refractivity contribution < 1.29 is 9.53 Å². The molecule has 0 aliphatic rings. The summed E-state index contributed by atoms with van der Waals surface area (Å²) in [6, 6.07) is 15.7. The van der Waals surface area contributed by atoms with Gasteiger partial charge >= 0.3 is 5.97 Å².